The Morgan fingerprint density at radius 1 is 1.20 bits per heavy atom. The van der Waals surface area contributed by atoms with E-state index in [0.29, 0.717) is 26.3 Å². The molecule has 0 saturated carbocycles. The number of hydrogen-bond donors (Lipinski definition) is 1. The van der Waals surface area contributed by atoms with Crippen LogP contribution in [-0.4, -0.2) is 75.1 Å². The molecule has 2 unspecified atom stereocenters. The maximum absolute atomic E-state index is 12.5. The molecule has 6 nitrogen and oxygen atoms in total. The second-order valence-electron chi connectivity index (χ2n) is 5.87. The van der Waals surface area contributed by atoms with Gasteiger partial charge in [-0.25, -0.2) is 0 Å². The van der Waals surface area contributed by atoms with Gasteiger partial charge in [0.15, 0.2) is 0 Å². The Labute approximate surface area is 120 Å². The van der Waals surface area contributed by atoms with Crippen molar-refractivity contribution in [2.75, 3.05) is 47.4 Å². The monoisotopic (exact) mass is 283 g/mol. The fourth-order valence-corrected chi connectivity index (χ4v) is 3.03. The minimum Gasteiger partial charge on any atom is -0.379 e. The fourth-order valence-electron chi connectivity index (χ4n) is 3.03. The predicted octanol–water partition coefficient (Wildman–Crippen LogP) is -0.452. The van der Waals surface area contributed by atoms with Crippen molar-refractivity contribution in [3.8, 4) is 0 Å². The van der Waals surface area contributed by atoms with E-state index in [1.54, 1.807) is 19.0 Å². The number of amides is 2. The lowest BCUT2D eigenvalue weighted by Crippen LogP contribution is -2.48. The summed E-state index contributed by atoms with van der Waals surface area (Å²) in [5.41, 5.74) is 0. The molecule has 2 aliphatic heterocycles. The summed E-state index contributed by atoms with van der Waals surface area (Å²) in [5, 5.41) is 3.14. The summed E-state index contributed by atoms with van der Waals surface area (Å²) in [6.07, 6.45) is 1.53. The quantitative estimate of drug-likeness (QED) is 0.762. The summed E-state index contributed by atoms with van der Waals surface area (Å²) in [4.78, 5) is 27.9. The Balaban J connectivity index is 1.87. The number of nitrogens with one attached hydrogen (secondary N) is 1. The van der Waals surface area contributed by atoms with Crippen LogP contribution in [0.2, 0.25) is 0 Å². The minimum atomic E-state index is -0.0823. The van der Waals surface area contributed by atoms with Crippen LogP contribution in [0.3, 0.4) is 0 Å². The molecule has 2 rings (SSSR count). The normalized spacial score (nSPS) is 27.6. The van der Waals surface area contributed by atoms with Crippen molar-refractivity contribution >= 4 is 11.8 Å². The molecular formula is C14H25N3O3. The lowest BCUT2D eigenvalue weighted by molar-refractivity contribution is -0.141. The summed E-state index contributed by atoms with van der Waals surface area (Å²) < 4.78 is 5.39. The SMILES string of the molecule is CNC1COCC1C(=O)N1CCC(C(=O)N(C)C)CC1. The topological polar surface area (TPSA) is 61.9 Å². The van der Waals surface area contributed by atoms with Gasteiger partial charge in [0.05, 0.1) is 19.1 Å². The molecule has 6 heteroatoms. The number of carbonyl (C=O) groups is 2. The van der Waals surface area contributed by atoms with Gasteiger partial charge in [0.25, 0.3) is 0 Å². The average Bonchev–Trinajstić information content (AvgIpc) is 2.94. The molecule has 0 radical (unpaired) electrons. The molecule has 0 aromatic carbocycles. The minimum absolute atomic E-state index is 0.0639. The highest BCUT2D eigenvalue weighted by Crippen LogP contribution is 2.23. The Kier molecular flexibility index (Phi) is 4.99. The van der Waals surface area contributed by atoms with Crippen molar-refractivity contribution in [2.24, 2.45) is 11.8 Å². The number of likely N-dealkylation sites (tertiary alicyclic amines) is 1. The van der Waals surface area contributed by atoms with E-state index in [2.05, 4.69) is 5.32 Å². The Morgan fingerprint density at radius 3 is 2.40 bits per heavy atom. The molecule has 1 N–H and O–H groups in total. The standard InChI is InChI=1S/C14H25N3O3/c1-15-12-9-20-8-11(12)14(19)17-6-4-10(5-7-17)13(18)16(2)3/h10-12,15H,4-9H2,1-3H3. The van der Waals surface area contributed by atoms with E-state index in [1.165, 1.54) is 0 Å². The third-order valence-corrected chi connectivity index (χ3v) is 4.37. The van der Waals surface area contributed by atoms with E-state index >= 15 is 0 Å². The van der Waals surface area contributed by atoms with Crippen molar-refractivity contribution in [3.05, 3.63) is 0 Å². The van der Waals surface area contributed by atoms with Gasteiger partial charge in [-0.2, -0.15) is 0 Å². The first kappa shape index (κ1) is 15.3. The van der Waals surface area contributed by atoms with E-state index in [0.717, 1.165) is 12.8 Å². The van der Waals surface area contributed by atoms with Gasteiger partial charge in [-0.1, -0.05) is 0 Å². The Bertz CT molecular complexity index is 365. The van der Waals surface area contributed by atoms with Crippen LogP contribution >= 0.6 is 0 Å². The molecule has 2 saturated heterocycles. The van der Waals surface area contributed by atoms with Crippen molar-refractivity contribution < 1.29 is 14.3 Å². The largest absolute Gasteiger partial charge is 0.379 e. The van der Waals surface area contributed by atoms with Crippen molar-refractivity contribution in [1.82, 2.24) is 15.1 Å². The molecule has 2 atom stereocenters. The zero-order valence-electron chi connectivity index (χ0n) is 12.6. The maximum Gasteiger partial charge on any atom is 0.229 e. The average molecular weight is 283 g/mol. The Morgan fingerprint density at radius 2 is 1.85 bits per heavy atom. The van der Waals surface area contributed by atoms with Gasteiger partial charge in [0.2, 0.25) is 11.8 Å². The fraction of sp³-hybridized carbons (Fsp3) is 0.857. The van der Waals surface area contributed by atoms with Crippen molar-refractivity contribution in [2.45, 2.75) is 18.9 Å². The molecule has 2 aliphatic rings. The van der Waals surface area contributed by atoms with Crippen LogP contribution in [-0.2, 0) is 14.3 Å². The molecule has 2 fully saturated rings. The lowest BCUT2D eigenvalue weighted by Gasteiger charge is -2.34. The Hall–Kier alpha value is -1.14. The molecule has 2 heterocycles. The van der Waals surface area contributed by atoms with Gasteiger partial charge in [-0.05, 0) is 19.9 Å². The third-order valence-electron chi connectivity index (χ3n) is 4.37. The first-order chi connectivity index (χ1) is 9.54. The number of nitrogens with zero attached hydrogens (tertiary/aromatic N) is 2. The van der Waals surface area contributed by atoms with Gasteiger partial charge in [0.1, 0.15) is 0 Å². The smallest absolute Gasteiger partial charge is 0.229 e. The molecule has 114 valence electrons. The first-order valence-electron chi connectivity index (χ1n) is 7.29. The molecular weight excluding hydrogens is 258 g/mol. The summed E-state index contributed by atoms with van der Waals surface area (Å²) >= 11 is 0. The van der Waals surface area contributed by atoms with E-state index < -0.39 is 0 Å². The number of ether oxygens (including phenoxy) is 1. The van der Waals surface area contributed by atoms with Crippen LogP contribution in [0.25, 0.3) is 0 Å². The summed E-state index contributed by atoms with van der Waals surface area (Å²) in [6, 6.07) is 0.114. The second-order valence-corrected chi connectivity index (χ2v) is 5.87. The molecule has 0 aromatic heterocycles. The summed E-state index contributed by atoms with van der Waals surface area (Å²) in [6.45, 7) is 2.45. The van der Waals surface area contributed by atoms with Crippen LogP contribution in [0.15, 0.2) is 0 Å². The highest BCUT2D eigenvalue weighted by molar-refractivity contribution is 5.81. The number of likely N-dealkylation sites (N-methyl/N-ethyl adjacent to an activating group) is 1. The van der Waals surface area contributed by atoms with Gasteiger partial charge in [-0.15, -0.1) is 0 Å². The van der Waals surface area contributed by atoms with Gasteiger partial charge >= 0.3 is 0 Å². The lowest BCUT2D eigenvalue weighted by atomic mass is 9.93. The van der Waals surface area contributed by atoms with Crippen LogP contribution in [0.5, 0.6) is 0 Å². The van der Waals surface area contributed by atoms with Crippen LogP contribution in [0.1, 0.15) is 12.8 Å². The van der Waals surface area contributed by atoms with Gasteiger partial charge < -0.3 is 19.9 Å². The van der Waals surface area contributed by atoms with E-state index in [-0.39, 0.29) is 29.7 Å². The maximum atomic E-state index is 12.5. The predicted molar refractivity (Wildman–Crippen MR) is 75.2 cm³/mol. The van der Waals surface area contributed by atoms with Gasteiger partial charge in [-0.3, -0.25) is 9.59 Å². The van der Waals surface area contributed by atoms with Crippen molar-refractivity contribution in [3.63, 3.8) is 0 Å². The van der Waals surface area contributed by atoms with Crippen LogP contribution < -0.4 is 5.32 Å². The molecule has 0 aromatic rings. The van der Waals surface area contributed by atoms with E-state index in [1.807, 2.05) is 11.9 Å². The number of carbonyl (C=O) groups excluding carboxylic acids is 2. The first-order valence-corrected chi connectivity index (χ1v) is 7.29. The zero-order valence-corrected chi connectivity index (χ0v) is 12.6. The van der Waals surface area contributed by atoms with E-state index in [4.69, 9.17) is 4.74 Å². The molecule has 0 spiro atoms. The molecule has 2 amide bonds. The third kappa shape index (κ3) is 3.12. The number of piperidine rings is 1. The number of hydrogen-bond acceptors (Lipinski definition) is 4. The van der Waals surface area contributed by atoms with Gasteiger partial charge in [0, 0.05) is 39.1 Å². The molecule has 20 heavy (non-hydrogen) atoms. The van der Waals surface area contributed by atoms with Crippen molar-refractivity contribution in [1.29, 1.82) is 0 Å². The molecule has 0 aliphatic carbocycles. The zero-order chi connectivity index (χ0) is 14.7. The second kappa shape index (κ2) is 6.54. The molecule has 0 bridgehead atoms. The number of rotatable bonds is 3. The highest BCUT2D eigenvalue weighted by atomic mass is 16.5. The highest BCUT2D eigenvalue weighted by Gasteiger charge is 2.37. The van der Waals surface area contributed by atoms with E-state index in [9.17, 15) is 9.59 Å². The summed E-state index contributed by atoms with van der Waals surface area (Å²) in [5.74, 6) is 0.321. The van der Waals surface area contributed by atoms with Crippen LogP contribution in [0, 0.1) is 11.8 Å². The summed E-state index contributed by atoms with van der Waals surface area (Å²) in [7, 11) is 5.43. The van der Waals surface area contributed by atoms with Crippen LogP contribution in [0.4, 0.5) is 0 Å².